The molecule has 0 aliphatic rings. The first-order valence-electron chi connectivity index (χ1n) is 6.48. The topological polar surface area (TPSA) is 12.0 Å². The fourth-order valence-electron chi connectivity index (χ4n) is 2.18. The molecule has 0 fully saturated rings. The monoisotopic (exact) mass is 279 g/mol. The molecule has 4 heteroatoms. The molecule has 0 saturated heterocycles. The van der Waals surface area contributed by atoms with E-state index in [0.29, 0.717) is 12.1 Å². The molecule has 0 heterocycles. The number of hydrogen-bond donors (Lipinski definition) is 1. The summed E-state index contributed by atoms with van der Waals surface area (Å²) in [5.74, 6) is -2.15. The maximum Gasteiger partial charge on any atom is 0.164 e. The second kappa shape index (κ2) is 6.09. The van der Waals surface area contributed by atoms with Gasteiger partial charge < -0.3 is 5.32 Å². The third-order valence-electron chi connectivity index (χ3n) is 3.21. The minimum Gasteiger partial charge on any atom is -0.306 e. The van der Waals surface area contributed by atoms with Crippen LogP contribution in [0.2, 0.25) is 0 Å². The summed E-state index contributed by atoms with van der Waals surface area (Å²) < 4.78 is 41.2. The van der Waals surface area contributed by atoms with Crippen LogP contribution >= 0.6 is 0 Å². The second-order valence-corrected chi connectivity index (χ2v) is 4.65. The quantitative estimate of drug-likeness (QED) is 0.888. The van der Waals surface area contributed by atoms with Crippen molar-refractivity contribution >= 4 is 0 Å². The molecule has 20 heavy (non-hydrogen) atoms. The van der Waals surface area contributed by atoms with E-state index in [1.54, 1.807) is 12.1 Å². The fourth-order valence-corrected chi connectivity index (χ4v) is 2.18. The molecule has 2 rings (SSSR count). The van der Waals surface area contributed by atoms with Gasteiger partial charge in [-0.3, -0.25) is 0 Å². The second-order valence-electron chi connectivity index (χ2n) is 4.65. The number of halogens is 3. The minimum absolute atomic E-state index is 0.181. The van der Waals surface area contributed by atoms with Crippen molar-refractivity contribution in [3.05, 3.63) is 70.5 Å². The van der Waals surface area contributed by atoms with Gasteiger partial charge in [-0.15, -0.1) is 0 Å². The van der Waals surface area contributed by atoms with Crippen molar-refractivity contribution in [3.8, 4) is 0 Å². The molecule has 106 valence electrons. The van der Waals surface area contributed by atoms with Crippen LogP contribution in [-0.2, 0) is 0 Å². The highest BCUT2D eigenvalue weighted by Crippen LogP contribution is 2.27. The molecular formula is C16H16F3N. The van der Waals surface area contributed by atoms with Crippen molar-refractivity contribution in [3.63, 3.8) is 0 Å². The summed E-state index contributed by atoms with van der Waals surface area (Å²) >= 11 is 0. The molecule has 0 spiro atoms. The highest BCUT2D eigenvalue weighted by atomic mass is 19.2. The third kappa shape index (κ3) is 2.85. The Morgan fingerprint density at radius 2 is 1.80 bits per heavy atom. The molecular weight excluding hydrogens is 263 g/mol. The maximum atomic E-state index is 14.1. The predicted molar refractivity (Wildman–Crippen MR) is 73.0 cm³/mol. The molecule has 0 aliphatic carbocycles. The van der Waals surface area contributed by atoms with Crippen molar-refractivity contribution in [2.45, 2.75) is 19.9 Å². The SMILES string of the molecule is CCNC(c1cccc(F)c1)c1ccc(C)c(F)c1F. The summed E-state index contributed by atoms with van der Waals surface area (Å²) in [5.41, 5.74) is 0.996. The fraction of sp³-hybridized carbons (Fsp3) is 0.250. The van der Waals surface area contributed by atoms with Crippen molar-refractivity contribution in [1.82, 2.24) is 5.32 Å². The Morgan fingerprint density at radius 1 is 1.05 bits per heavy atom. The Labute approximate surface area is 116 Å². The molecule has 1 nitrogen and oxygen atoms in total. The average molecular weight is 279 g/mol. The van der Waals surface area contributed by atoms with Gasteiger partial charge in [-0.2, -0.15) is 0 Å². The van der Waals surface area contributed by atoms with Crippen LogP contribution < -0.4 is 5.32 Å². The van der Waals surface area contributed by atoms with E-state index in [1.165, 1.54) is 31.2 Å². The molecule has 0 radical (unpaired) electrons. The number of hydrogen-bond acceptors (Lipinski definition) is 1. The lowest BCUT2D eigenvalue weighted by molar-refractivity contribution is 0.478. The summed E-state index contributed by atoms with van der Waals surface area (Å²) in [4.78, 5) is 0. The molecule has 2 aromatic rings. The van der Waals surface area contributed by atoms with E-state index in [4.69, 9.17) is 0 Å². The first-order chi connectivity index (χ1) is 9.54. The largest absolute Gasteiger partial charge is 0.306 e. The van der Waals surface area contributed by atoms with Gasteiger partial charge in [-0.25, -0.2) is 13.2 Å². The molecule has 0 amide bonds. The highest BCUT2D eigenvalue weighted by Gasteiger charge is 2.20. The van der Waals surface area contributed by atoms with Gasteiger partial charge in [0.1, 0.15) is 5.82 Å². The molecule has 1 atom stereocenters. The Morgan fingerprint density at radius 3 is 2.45 bits per heavy atom. The van der Waals surface area contributed by atoms with Gasteiger partial charge >= 0.3 is 0 Å². The van der Waals surface area contributed by atoms with Gasteiger partial charge in [0.05, 0.1) is 6.04 Å². The van der Waals surface area contributed by atoms with E-state index >= 15 is 0 Å². The molecule has 0 saturated carbocycles. The smallest absolute Gasteiger partial charge is 0.164 e. The van der Waals surface area contributed by atoms with E-state index in [2.05, 4.69) is 5.32 Å². The zero-order valence-corrected chi connectivity index (χ0v) is 11.4. The van der Waals surface area contributed by atoms with Crippen LogP contribution in [0.15, 0.2) is 36.4 Å². The first kappa shape index (κ1) is 14.6. The number of aryl methyl sites for hydroxylation is 1. The number of benzene rings is 2. The Bertz CT molecular complexity index is 611. The van der Waals surface area contributed by atoms with Gasteiger partial charge in [0.25, 0.3) is 0 Å². The molecule has 1 unspecified atom stereocenters. The number of nitrogens with one attached hydrogen (secondary N) is 1. The van der Waals surface area contributed by atoms with Gasteiger partial charge in [0.2, 0.25) is 0 Å². The van der Waals surface area contributed by atoms with Crippen LogP contribution in [0, 0.1) is 24.4 Å². The van der Waals surface area contributed by atoms with E-state index in [-0.39, 0.29) is 11.1 Å². The van der Waals surface area contributed by atoms with Crippen LogP contribution in [0.1, 0.15) is 29.7 Å². The lowest BCUT2D eigenvalue weighted by Crippen LogP contribution is -2.23. The Kier molecular flexibility index (Phi) is 4.45. The molecule has 0 aromatic heterocycles. The normalized spacial score (nSPS) is 12.4. The van der Waals surface area contributed by atoms with Crippen molar-refractivity contribution in [1.29, 1.82) is 0 Å². The van der Waals surface area contributed by atoms with Crippen LogP contribution in [0.3, 0.4) is 0 Å². The van der Waals surface area contributed by atoms with E-state index in [1.807, 2.05) is 6.92 Å². The van der Waals surface area contributed by atoms with Gasteiger partial charge in [-0.05, 0) is 36.7 Å². The van der Waals surface area contributed by atoms with Crippen LogP contribution in [0.4, 0.5) is 13.2 Å². The van der Waals surface area contributed by atoms with Crippen molar-refractivity contribution < 1.29 is 13.2 Å². The molecule has 0 aliphatic heterocycles. The molecule has 2 aromatic carbocycles. The maximum absolute atomic E-state index is 14.1. The van der Waals surface area contributed by atoms with E-state index in [9.17, 15) is 13.2 Å². The van der Waals surface area contributed by atoms with E-state index < -0.39 is 23.5 Å². The highest BCUT2D eigenvalue weighted by molar-refractivity contribution is 5.35. The summed E-state index contributed by atoms with van der Waals surface area (Å²) in [6.07, 6.45) is 0. The van der Waals surface area contributed by atoms with Gasteiger partial charge in [-0.1, -0.05) is 31.2 Å². The average Bonchev–Trinajstić information content (AvgIpc) is 2.43. The standard InChI is InChI=1S/C16H16F3N/c1-3-20-16(11-5-4-6-12(17)9-11)13-8-7-10(2)14(18)15(13)19/h4-9,16,20H,3H2,1-2H3. The minimum atomic E-state index is -0.889. The van der Waals surface area contributed by atoms with Crippen LogP contribution in [0.25, 0.3) is 0 Å². The summed E-state index contributed by atoms with van der Waals surface area (Å²) in [6, 6.07) is 8.36. The molecule has 1 N–H and O–H groups in total. The lowest BCUT2D eigenvalue weighted by Gasteiger charge is -2.20. The Balaban J connectivity index is 2.51. The van der Waals surface area contributed by atoms with Gasteiger partial charge in [0, 0.05) is 5.56 Å². The summed E-state index contributed by atoms with van der Waals surface area (Å²) in [7, 11) is 0. The first-order valence-corrected chi connectivity index (χ1v) is 6.48. The molecule has 0 bridgehead atoms. The third-order valence-corrected chi connectivity index (χ3v) is 3.21. The summed E-state index contributed by atoms with van der Waals surface area (Å²) in [6.45, 7) is 3.91. The lowest BCUT2D eigenvalue weighted by atomic mass is 9.96. The zero-order valence-electron chi connectivity index (χ0n) is 11.4. The van der Waals surface area contributed by atoms with Crippen LogP contribution in [0.5, 0.6) is 0 Å². The van der Waals surface area contributed by atoms with Crippen molar-refractivity contribution in [2.75, 3.05) is 6.54 Å². The Hall–Kier alpha value is -1.81. The zero-order chi connectivity index (χ0) is 14.7. The van der Waals surface area contributed by atoms with E-state index in [0.717, 1.165) is 0 Å². The van der Waals surface area contributed by atoms with Gasteiger partial charge in [0.15, 0.2) is 11.6 Å². The number of rotatable bonds is 4. The van der Waals surface area contributed by atoms with Crippen molar-refractivity contribution in [2.24, 2.45) is 0 Å². The summed E-state index contributed by atoms with van der Waals surface area (Å²) in [5, 5.41) is 3.06. The predicted octanol–water partition coefficient (Wildman–Crippen LogP) is 4.11. The van der Waals surface area contributed by atoms with Crippen LogP contribution in [-0.4, -0.2) is 6.54 Å².